The van der Waals surface area contributed by atoms with Gasteiger partial charge in [0, 0.05) is 25.7 Å². The normalized spacial score (nSPS) is 20.6. The van der Waals surface area contributed by atoms with E-state index in [0.29, 0.717) is 48.7 Å². The minimum Gasteiger partial charge on any atom is -0.497 e. The molecule has 4 rings (SSSR count). The molecule has 182 valence electrons. The standard InChI is InChI=1S/C24H29N3O6S/c1-15-10-20-21(33-16(2)23(28)26-20)12-22(15)34(30,31)27-9-5-7-18(14-27)24(29)25-13-17-6-4-8-19(11-17)32-3/h4,6,8,10-12,16,18H,5,7,9,13-14H2,1-3H3,(H,25,29)(H,26,28)/t16-,18-/m0/s1. The monoisotopic (exact) mass is 487 g/mol. The molecule has 2 aliphatic rings. The summed E-state index contributed by atoms with van der Waals surface area (Å²) in [6, 6.07) is 10.5. The highest BCUT2D eigenvalue weighted by atomic mass is 32.2. The van der Waals surface area contributed by atoms with Crippen molar-refractivity contribution in [2.24, 2.45) is 5.92 Å². The Morgan fingerprint density at radius 2 is 2.09 bits per heavy atom. The summed E-state index contributed by atoms with van der Waals surface area (Å²) in [6.07, 6.45) is 0.494. The van der Waals surface area contributed by atoms with Gasteiger partial charge in [0.2, 0.25) is 15.9 Å². The fourth-order valence-electron chi connectivity index (χ4n) is 4.25. The molecule has 9 nitrogen and oxygen atoms in total. The number of aryl methyl sites for hydroxylation is 1. The zero-order valence-electron chi connectivity index (χ0n) is 19.5. The second kappa shape index (κ2) is 9.63. The van der Waals surface area contributed by atoms with Crippen LogP contribution in [-0.4, -0.2) is 50.8 Å². The molecule has 1 fully saturated rings. The largest absolute Gasteiger partial charge is 0.497 e. The number of carbonyl (C=O) groups is 2. The molecule has 2 heterocycles. The third-order valence-electron chi connectivity index (χ3n) is 6.18. The van der Waals surface area contributed by atoms with Gasteiger partial charge >= 0.3 is 0 Å². The molecule has 10 heteroatoms. The lowest BCUT2D eigenvalue weighted by molar-refractivity contribution is -0.126. The summed E-state index contributed by atoms with van der Waals surface area (Å²) in [7, 11) is -2.27. The third kappa shape index (κ3) is 4.88. The molecule has 0 spiro atoms. The van der Waals surface area contributed by atoms with E-state index in [1.54, 1.807) is 27.0 Å². The SMILES string of the molecule is COc1cccc(CNC(=O)[C@H]2CCCN(S(=O)(=O)c3cc4c(cc3C)NC(=O)[C@H](C)O4)C2)c1. The molecule has 2 amide bonds. The van der Waals surface area contributed by atoms with Crippen molar-refractivity contribution in [1.82, 2.24) is 9.62 Å². The van der Waals surface area contributed by atoms with Gasteiger partial charge in [0.25, 0.3) is 5.91 Å². The Morgan fingerprint density at radius 1 is 1.29 bits per heavy atom. The molecule has 0 aromatic heterocycles. The number of nitrogens with one attached hydrogen (secondary N) is 2. The number of nitrogens with zero attached hydrogens (tertiary/aromatic N) is 1. The first-order valence-corrected chi connectivity index (χ1v) is 12.7. The minimum absolute atomic E-state index is 0.108. The van der Waals surface area contributed by atoms with Crippen molar-refractivity contribution in [2.75, 3.05) is 25.5 Å². The van der Waals surface area contributed by atoms with E-state index < -0.39 is 22.0 Å². The van der Waals surface area contributed by atoms with E-state index >= 15 is 0 Å². The van der Waals surface area contributed by atoms with Crippen LogP contribution in [-0.2, 0) is 26.2 Å². The lowest BCUT2D eigenvalue weighted by Gasteiger charge is -2.32. The van der Waals surface area contributed by atoms with Gasteiger partial charge in [0.1, 0.15) is 11.5 Å². The van der Waals surface area contributed by atoms with E-state index in [1.165, 1.54) is 10.4 Å². The first-order valence-electron chi connectivity index (χ1n) is 11.2. The van der Waals surface area contributed by atoms with Crippen LogP contribution in [0.3, 0.4) is 0 Å². The zero-order valence-corrected chi connectivity index (χ0v) is 20.3. The number of hydrogen-bond donors (Lipinski definition) is 2. The molecule has 0 saturated carbocycles. The van der Waals surface area contributed by atoms with Gasteiger partial charge in [0.05, 0.1) is 23.6 Å². The lowest BCUT2D eigenvalue weighted by Crippen LogP contribution is -2.45. The van der Waals surface area contributed by atoms with Crippen LogP contribution in [0.25, 0.3) is 0 Å². The smallest absolute Gasteiger partial charge is 0.265 e. The van der Waals surface area contributed by atoms with Crippen LogP contribution < -0.4 is 20.1 Å². The number of fused-ring (bicyclic) bond motifs is 1. The molecule has 0 radical (unpaired) electrons. The van der Waals surface area contributed by atoms with Crippen LogP contribution >= 0.6 is 0 Å². The van der Waals surface area contributed by atoms with Crippen molar-refractivity contribution in [3.8, 4) is 11.5 Å². The predicted molar refractivity (Wildman–Crippen MR) is 126 cm³/mol. The zero-order chi connectivity index (χ0) is 24.5. The number of amides is 2. The van der Waals surface area contributed by atoms with Gasteiger partial charge in [-0.1, -0.05) is 12.1 Å². The Hall–Kier alpha value is -3.11. The predicted octanol–water partition coefficient (Wildman–Crippen LogP) is 2.44. The fourth-order valence-corrected chi connectivity index (χ4v) is 6.00. The summed E-state index contributed by atoms with van der Waals surface area (Å²) in [5, 5.41) is 5.65. The molecule has 0 bridgehead atoms. The number of hydrogen-bond acceptors (Lipinski definition) is 6. The maximum Gasteiger partial charge on any atom is 0.265 e. The lowest BCUT2D eigenvalue weighted by atomic mass is 9.99. The molecule has 1 saturated heterocycles. The molecule has 2 N–H and O–H groups in total. The van der Waals surface area contributed by atoms with E-state index in [1.807, 2.05) is 24.3 Å². The van der Waals surface area contributed by atoms with Crippen molar-refractivity contribution in [1.29, 1.82) is 0 Å². The minimum atomic E-state index is -3.86. The van der Waals surface area contributed by atoms with Crippen LogP contribution in [0.5, 0.6) is 11.5 Å². The van der Waals surface area contributed by atoms with Crippen molar-refractivity contribution in [2.45, 2.75) is 44.2 Å². The van der Waals surface area contributed by atoms with Gasteiger partial charge in [-0.05, 0) is 56.0 Å². The van der Waals surface area contributed by atoms with Gasteiger partial charge in [-0.2, -0.15) is 4.31 Å². The number of methoxy groups -OCH3 is 1. The van der Waals surface area contributed by atoms with E-state index in [9.17, 15) is 18.0 Å². The highest BCUT2D eigenvalue weighted by molar-refractivity contribution is 7.89. The number of benzene rings is 2. The second-order valence-electron chi connectivity index (χ2n) is 8.63. The molecule has 2 aromatic carbocycles. The number of piperidine rings is 1. The maximum absolute atomic E-state index is 13.5. The summed E-state index contributed by atoms with van der Waals surface area (Å²) in [6.45, 7) is 4.07. The maximum atomic E-state index is 13.5. The highest BCUT2D eigenvalue weighted by Gasteiger charge is 2.35. The average molecular weight is 488 g/mol. The first kappa shape index (κ1) is 24.0. The molecule has 0 aliphatic carbocycles. The molecule has 2 aromatic rings. The van der Waals surface area contributed by atoms with Gasteiger partial charge in [0.15, 0.2) is 6.10 Å². The van der Waals surface area contributed by atoms with Crippen molar-refractivity contribution >= 4 is 27.5 Å². The van der Waals surface area contributed by atoms with Crippen molar-refractivity contribution in [3.05, 3.63) is 47.5 Å². The molecule has 2 aliphatic heterocycles. The highest BCUT2D eigenvalue weighted by Crippen LogP contribution is 2.36. The Morgan fingerprint density at radius 3 is 2.85 bits per heavy atom. The quantitative estimate of drug-likeness (QED) is 0.647. The molecule has 2 atom stereocenters. The Balaban J connectivity index is 1.47. The van der Waals surface area contributed by atoms with E-state index in [4.69, 9.17) is 9.47 Å². The summed E-state index contributed by atoms with van der Waals surface area (Å²) in [5.74, 6) is 0.134. The van der Waals surface area contributed by atoms with Crippen LogP contribution in [0.4, 0.5) is 5.69 Å². The Bertz CT molecular complexity index is 1210. The van der Waals surface area contributed by atoms with Gasteiger partial charge < -0.3 is 20.1 Å². The van der Waals surface area contributed by atoms with Gasteiger partial charge in [-0.25, -0.2) is 8.42 Å². The van der Waals surface area contributed by atoms with Crippen LogP contribution in [0.2, 0.25) is 0 Å². The summed E-state index contributed by atoms with van der Waals surface area (Å²) in [4.78, 5) is 24.8. The Kier molecular flexibility index (Phi) is 6.81. The van der Waals surface area contributed by atoms with E-state index in [-0.39, 0.29) is 23.3 Å². The second-order valence-corrected chi connectivity index (χ2v) is 10.5. The fraction of sp³-hybridized carbons (Fsp3) is 0.417. The number of sulfonamides is 1. The topological polar surface area (TPSA) is 114 Å². The van der Waals surface area contributed by atoms with Gasteiger partial charge in [-0.3, -0.25) is 9.59 Å². The molecule has 34 heavy (non-hydrogen) atoms. The third-order valence-corrected chi connectivity index (χ3v) is 8.19. The molecular weight excluding hydrogens is 458 g/mol. The van der Waals surface area contributed by atoms with Crippen molar-refractivity contribution < 1.29 is 27.5 Å². The molecule has 0 unspecified atom stereocenters. The Labute approximate surface area is 199 Å². The van der Waals surface area contributed by atoms with Crippen LogP contribution in [0.15, 0.2) is 41.3 Å². The molecular formula is C24H29N3O6S. The van der Waals surface area contributed by atoms with Gasteiger partial charge in [-0.15, -0.1) is 0 Å². The summed E-state index contributed by atoms with van der Waals surface area (Å²) in [5.41, 5.74) is 1.86. The van der Waals surface area contributed by atoms with Crippen molar-refractivity contribution in [3.63, 3.8) is 0 Å². The van der Waals surface area contributed by atoms with E-state index in [2.05, 4.69) is 10.6 Å². The summed E-state index contributed by atoms with van der Waals surface area (Å²) >= 11 is 0. The summed E-state index contributed by atoms with van der Waals surface area (Å²) < 4.78 is 39.2. The average Bonchev–Trinajstić information content (AvgIpc) is 2.83. The first-order chi connectivity index (χ1) is 16.2. The van der Waals surface area contributed by atoms with Crippen LogP contribution in [0, 0.1) is 12.8 Å². The number of anilines is 1. The number of rotatable bonds is 6. The number of carbonyl (C=O) groups excluding carboxylic acids is 2. The number of ether oxygens (including phenoxy) is 2. The van der Waals surface area contributed by atoms with Crippen LogP contribution in [0.1, 0.15) is 30.9 Å². The van der Waals surface area contributed by atoms with E-state index in [0.717, 1.165) is 5.56 Å².